The largest absolute Gasteiger partial charge is 0.321 e. The zero-order valence-electron chi connectivity index (χ0n) is 11.8. The molecule has 2 aromatic carbocycles. The zero-order valence-corrected chi connectivity index (χ0v) is 13.4. The highest BCUT2D eigenvalue weighted by Crippen LogP contribution is 2.31. The number of thiazole rings is 1. The van der Waals surface area contributed by atoms with Gasteiger partial charge in [-0.3, -0.25) is 4.79 Å². The summed E-state index contributed by atoms with van der Waals surface area (Å²) in [5.74, 6) is -0.200. The van der Waals surface area contributed by atoms with Crippen LogP contribution >= 0.6 is 22.9 Å². The molecule has 0 saturated heterocycles. The number of hydrogen-bond acceptors (Lipinski definition) is 3. The molecule has 22 heavy (non-hydrogen) atoms. The second-order valence-corrected chi connectivity index (χ2v) is 6.42. The van der Waals surface area contributed by atoms with Crippen molar-refractivity contribution in [1.29, 1.82) is 0 Å². The molecule has 0 fully saturated rings. The molecule has 0 bridgehead atoms. The molecule has 1 amide bonds. The van der Waals surface area contributed by atoms with Crippen LogP contribution in [0, 0.1) is 6.92 Å². The number of aryl methyl sites for hydroxylation is 1. The number of carbonyl (C=O) groups is 1. The summed E-state index contributed by atoms with van der Waals surface area (Å²) in [4.78, 5) is 17.3. The molecule has 0 aliphatic rings. The lowest BCUT2D eigenvalue weighted by Crippen LogP contribution is -2.11. The van der Waals surface area contributed by atoms with Gasteiger partial charge in [-0.25, -0.2) is 4.98 Å². The summed E-state index contributed by atoms with van der Waals surface area (Å²) in [6.07, 6.45) is 0. The number of nitrogens with one attached hydrogen (secondary N) is 1. The minimum atomic E-state index is -0.200. The number of benzene rings is 2. The highest BCUT2D eigenvalue weighted by molar-refractivity contribution is 7.18. The van der Waals surface area contributed by atoms with Gasteiger partial charge in [0, 0.05) is 11.3 Å². The second-order valence-electron chi connectivity index (χ2n) is 4.83. The molecule has 1 heterocycles. The van der Waals surface area contributed by atoms with E-state index < -0.39 is 0 Å². The maximum atomic E-state index is 12.5. The Kier molecular flexibility index (Phi) is 4.22. The van der Waals surface area contributed by atoms with Crippen molar-refractivity contribution in [2.45, 2.75) is 6.92 Å². The average Bonchev–Trinajstić information content (AvgIpc) is 2.90. The highest BCUT2D eigenvalue weighted by atomic mass is 35.5. The van der Waals surface area contributed by atoms with Gasteiger partial charge in [-0.2, -0.15) is 0 Å². The van der Waals surface area contributed by atoms with Crippen molar-refractivity contribution in [3.05, 3.63) is 69.5 Å². The Labute approximate surface area is 137 Å². The lowest BCUT2D eigenvalue weighted by molar-refractivity contribution is 0.103. The first-order valence-electron chi connectivity index (χ1n) is 6.73. The Morgan fingerprint density at radius 1 is 1.14 bits per heavy atom. The third-order valence-electron chi connectivity index (χ3n) is 3.13. The van der Waals surface area contributed by atoms with Gasteiger partial charge in [-0.1, -0.05) is 65.4 Å². The molecule has 3 rings (SSSR count). The van der Waals surface area contributed by atoms with Crippen molar-refractivity contribution >= 4 is 34.5 Å². The molecule has 3 aromatic rings. The summed E-state index contributed by atoms with van der Waals surface area (Å²) in [6.45, 7) is 1.98. The SMILES string of the molecule is Cc1cccc(NC(=O)c2sc(Cl)nc2-c2ccccc2)c1. The minimum Gasteiger partial charge on any atom is -0.321 e. The van der Waals surface area contributed by atoms with Crippen LogP contribution in [0.1, 0.15) is 15.2 Å². The Hall–Kier alpha value is -2.17. The maximum absolute atomic E-state index is 12.5. The summed E-state index contributed by atoms with van der Waals surface area (Å²) < 4.78 is 0.355. The smallest absolute Gasteiger partial charge is 0.268 e. The zero-order chi connectivity index (χ0) is 15.5. The van der Waals surface area contributed by atoms with Crippen LogP contribution in [0.25, 0.3) is 11.3 Å². The molecule has 110 valence electrons. The standard InChI is InChI=1S/C17H13ClN2OS/c1-11-6-5-9-13(10-11)19-16(21)15-14(20-17(18)22-15)12-7-3-2-4-8-12/h2-10H,1H3,(H,19,21). The van der Waals surface area contributed by atoms with Crippen LogP contribution in [0.15, 0.2) is 54.6 Å². The summed E-state index contributed by atoms with van der Waals surface area (Å²) >= 11 is 7.20. The normalized spacial score (nSPS) is 10.5. The van der Waals surface area contributed by atoms with Gasteiger partial charge in [-0.05, 0) is 24.6 Å². The van der Waals surface area contributed by atoms with Crippen LogP contribution in [0.4, 0.5) is 5.69 Å². The summed E-state index contributed by atoms with van der Waals surface area (Å²) in [5.41, 5.74) is 3.33. The van der Waals surface area contributed by atoms with E-state index in [1.807, 2.05) is 61.5 Å². The Morgan fingerprint density at radius 2 is 1.91 bits per heavy atom. The number of carbonyl (C=O) groups excluding carboxylic acids is 1. The van der Waals surface area contributed by atoms with Gasteiger partial charge in [0.25, 0.3) is 5.91 Å². The van der Waals surface area contributed by atoms with E-state index >= 15 is 0 Å². The van der Waals surface area contributed by atoms with Gasteiger partial charge in [0.1, 0.15) is 4.88 Å². The fourth-order valence-electron chi connectivity index (χ4n) is 2.15. The van der Waals surface area contributed by atoms with Gasteiger partial charge >= 0.3 is 0 Å². The van der Waals surface area contributed by atoms with Crippen molar-refractivity contribution in [2.75, 3.05) is 5.32 Å². The van der Waals surface area contributed by atoms with Gasteiger partial charge in [0.2, 0.25) is 0 Å². The monoisotopic (exact) mass is 328 g/mol. The van der Waals surface area contributed by atoms with E-state index in [9.17, 15) is 4.79 Å². The first-order valence-corrected chi connectivity index (χ1v) is 7.93. The number of anilines is 1. The van der Waals surface area contributed by atoms with Crippen molar-refractivity contribution in [3.8, 4) is 11.3 Å². The lowest BCUT2D eigenvalue weighted by Gasteiger charge is -2.06. The predicted octanol–water partition coefficient (Wildman–Crippen LogP) is 5.02. The van der Waals surface area contributed by atoms with Crippen molar-refractivity contribution in [3.63, 3.8) is 0 Å². The van der Waals surface area contributed by atoms with Crippen LogP contribution in [0.5, 0.6) is 0 Å². The van der Waals surface area contributed by atoms with E-state index in [0.717, 1.165) is 16.8 Å². The number of aromatic nitrogens is 1. The van der Waals surface area contributed by atoms with Crippen molar-refractivity contribution in [2.24, 2.45) is 0 Å². The molecule has 0 spiro atoms. The Morgan fingerprint density at radius 3 is 2.64 bits per heavy atom. The van der Waals surface area contributed by atoms with Crippen LogP contribution in [0.3, 0.4) is 0 Å². The molecule has 3 nitrogen and oxygen atoms in total. The predicted molar refractivity (Wildman–Crippen MR) is 91.7 cm³/mol. The quantitative estimate of drug-likeness (QED) is 0.733. The molecule has 5 heteroatoms. The molecule has 0 aliphatic carbocycles. The third kappa shape index (κ3) is 3.18. The van der Waals surface area contributed by atoms with Crippen molar-refractivity contribution < 1.29 is 4.79 Å². The van der Waals surface area contributed by atoms with Gasteiger partial charge in [0.05, 0.1) is 5.69 Å². The fourth-order valence-corrected chi connectivity index (χ4v) is 3.18. The van der Waals surface area contributed by atoms with Crippen LogP contribution < -0.4 is 5.32 Å². The number of halogens is 1. The molecular formula is C17H13ClN2OS. The van der Waals surface area contributed by atoms with E-state index in [-0.39, 0.29) is 5.91 Å². The molecular weight excluding hydrogens is 316 g/mol. The van der Waals surface area contributed by atoms with Crippen LogP contribution in [-0.2, 0) is 0 Å². The topological polar surface area (TPSA) is 42.0 Å². The third-order valence-corrected chi connectivity index (χ3v) is 4.29. The molecule has 1 N–H and O–H groups in total. The van der Waals surface area contributed by atoms with Crippen molar-refractivity contribution in [1.82, 2.24) is 4.98 Å². The lowest BCUT2D eigenvalue weighted by atomic mass is 10.1. The number of rotatable bonds is 3. The average molecular weight is 329 g/mol. The highest BCUT2D eigenvalue weighted by Gasteiger charge is 2.19. The van der Waals surface area contributed by atoms with Gasteiger partial charge < -0.3 is 5.32 Å². The maximum Gasteiger partial charge on any atom is 0.268 e. The van der Waals surface area contributed by atoms with E-state index in [1.54, 1.807) is 0 Å². The summed E-state index contributed by atoms with van der Waals surface area (Å²) in [7, 11) is 0. The molecule has 0 saturated carbocycles. The molecule has 0 aliphatic heterocycles. The minimum absolute atomic E-state index is 0.200. The first kappa shape index (κ1) is 14.8. The molecule has 1 aromatic heterocycles. The van der Waals surface area contributed by atoms with E-state index in [1.165, 1.54) is 11.3 Å². The van der Waals surface area contributed by atoms with E-state index in [2.05, 4.69) is 10.3 Å². The number of nitrogens with zero attached hydrogens (tertiary/aromatic N) is 1. The Balaban J connectivity index is 1.93. The number of hydrogen-bond donors (Lipinski definition) is 1. The Bertz CT molecular complexity index is 815. The molecule has 0 unspecified atom stereocenters. The molecule has 0 radical (unpaired) electrons. The fraction of sp³-hybridized carbons (Fsp3) is 0.0588. The molecule has 0 atom stereocenters. The van der Waals surface area contributed by atoms with Crippen LogP contribution in [-0.4, -0.2) is 10.9 Å². The van der Waals surface area contributed by atoms with E-state index in [4.69, 9.17) is 11.6 Å². The van der Waals surface area contributed by atoms with Crippen LogP contribution in [0.2, 0.25) is 4.47 Å². The first-order chi connectivity index (χ1) is 10.6. The summed E-state index contributed by atoms with van der Waals surface area (Å²) in [6, 6.07) is 17.2. The number of amides is 1. The summed E-state index contributed by atoms with van der Waals surface area (Å²) in [5, 5.41) is 2.90. The van der Waals surface area contributed by atoms with E-state index in [0.29, 0.717) is 15.0 Å². The second kappa shape index (κ2) is 6.30. The van der Waals surface area contributed by atoms with Gasteiger partial charge in [0.15, 0.2) is 4.47 Å². The van der Waals surface area contributed by atoms with Gasteiger partial charge in [-0.15, -0.1) is 0 Å².